The van der Waals surface area contributed by atoms with Crippen molar-refractivity contribution in [1.82, 2.24) is 0 Å². The van der Waals surface area contributed by atoms with E-state index in [4.69, 9.17) is 9.47 Å². The summed E-state index contributed by atoms with van der Waals surface area (Å²) < 4.78 is 10.8. The van der Waals surface area contributed by atoms with Crippen molar-refractivity contribution in [3.63, 3.8) is 0 Å². The van der Waals surface area contributed by atoms with Gasteiger partial charge < -0.3 is 9.47 Å². The van der Waals surface area contributed by atoms with Crippen LogP contribution in [0, 0.1) is 0 Å². The molecule has 0 fully saturated rings. The first-order valence-electron chi connectivity index (χ1n) is 8.91. The normalized spacial score (nSPS) is 10.0. The molecule has 4 heteroatoms. The maximum Gasteiger partial charge on any atom is 0.338 e. The maximum atomic E-state index is 12.2. The molecule has 3 aromatic carbocycles. The summed E-state index contributed by atoms with van der Waals surface area (Å²) in [5.74, 6) is -0.845. The summed E-state index contributed by atoms with van der Waals surface area (Å²) >= 11 is 0. The predicted molar refractivity (Wildman–Crippen MR) is 108 cm³/mol. The Morgan fingerprint density at radius 1 is 0.607 bits per heavy atom. The lowest BCUT2D eigenvalue weighted by molar-refractivity contribution is 0.0480. The van der Waals surface area contributed by atoms with Crippen LogP contribution in [-0.4, -0.2) is 25.2 Å². The van der Waals surface area contributed by atoms with E-state index in [-0.39, 0.29) is 13.2 Å². The van der Waals surface area contributed by atoms with Gasteiger partial charge in [0, 0.05) is 5.57 Å². The number of benzene rings is 3. The van der Waals surface area contributed by atoms with Crippen LogP contribution in [0.5, 0.6) is 0 Å². The van der Waals surface area contributed by atoms with Crippen molar-refractivity contribution in [2.24, 2.45) is 0 Å². The second-order valence-corrected chi connectivity index (χ2v) is 6.10. The van der Waals surface area contributed by atoms with Gasteiger partial charge in [-0.25, -0.2) is 9.59 Å². The summed E-state index contributed by atoms with van der Waals surface area (Å²) in [6.45, 7) is 0.0649. The van der Waals surface area contributed by atoms with Gasteiger partial charge >= 0.3 is 11.9 Å². The third-order valence-electron chi connectivity index (χ3n) is 3.97. The van der Waals surface area contributed by atoms with Gasteiger partial charge in [0.2, 0.25) is 0 Å². The van der Waals surface area contributed by atoms with Crippen LogP contribution in [0.25, 0.3) is 6.08 Å². The highest BCUT2D eigenvalue weighted by Crippen LogP contribution is 2.11. The highest BCUT2D eigenvalue weighted by molar-refractivity contribution is 5.90. The summed E-state index contributed by atoms with van der Waals surface area (Å²) in [7, 11) is 0. The van der Waals surface area contributed by atoms with E-state index in [1.807, 2.05) is 48.5 Å². The zero-order chi connectivity index (χ0) is 19.6. The molecule has 0 atom stereocenters. The zero-order valence-electron chi connectivity index (χ0n) is 15.3. The van der Waals surface area contributed by atoms with Gasteiger partial charge in [0.15, 0.2) is 0 Å². The number of hydrogen-bond donors (Lipinski definition) is 0. The Morgan fingerprint density at radius 3 is 1.43 bits per heavy atom. The van der Waals surface area contributed by atoms with Crippen LogP contribution in [0.1, 0.15) is 26.3 Å². The molecule has 0 aromatic heterocycles. The number of rotatable bonds is 7. The van der Waals surface area contributed by atoms with Crippen molar-refractivity contribution >= 4 is 18.0 Å². The van der Waals surface area contributed by atoms with E-state index >= 15 is 0 Å². The molecule has 28 heavy (non-hydrogen) atoms. The molecule has 0 aliphatic carbocycles. The number of esters is 2. The lowest BCUT2D eigenvalue weighted by Gasteiger charge is -2.11. The average molecular weight is 372 g/mol. The van der Waals surface area contributed by atoms with Crippen molar-refractivity contribution in [3.8, 4) is 0 Å². The van der Waals surface area contributed by atoms with Crippen LogP contribution in [0.15, 0.2) is 96.6 Å². The lowest BCUT2D eigenvalue weighted by Crippen LogP contribution is -2.14. The van der Waals surface area contributed by atoms with E-state index in [2.05, 4.69) is 0 Å². The van der Waals surface area contributed by atoms with Gasteiger partial charge in [0.25, 0.3) is 0 Å². The van der Waals surface area contributed by atoms with Gasteiger partial charge in [0.05, 0.1) is 11.1 Å². The van der Waals surface area contributed by atoms with E-state index in [1.165, 1.54) is 0 Å². The molecule has 0 N–H and O–H groups in total. The van der Waals surface area contributed by atoms with Gasteiger partial charge in [-0.15, -0.1) is 0 Å². The Morgan fingerprint density at radius 2 is 1.00 bits per heavy atom. The van der Waals surface area contributed by atoms with Crippen LogP contribution >= 0.6 is 0 Å². The summed E-state index contributed by atoms with van der Waals surface area (Å²) in [4.78, 5) is 24.4. The number of carbonyl (C=O) groups excluding carboxylic acids is 2. The van der Waals surface area contributed by atoms with Crippen molar-refractivity contribution in [2.45, 2.75) is 0 Å². The molecule has 0 radical (unpaired) electrons. The van der Waals surface area contributed by atoms with E-state index < -0.39 is 11.9 Å². The quantitative estimate of drug-likeness (QED) is 0.560. The van der Waals surface area contributed by atoms with Crippen molar-refractivity contribution in [2.75, 3.05) is 13.2 Å². The van der Waals surface area contributed by atoms with E-state index in [9.17, 15) is 9.59 Å². The summed E-state index contributed by atoms with van der Waals surface area (Å²) in [6.07, 6.45) is 1.86. The summed E-state index contributed by atoms with van der Waals surface area (Å²) in [5.41, 5.74) is 2.56. The van der Waals surface area contributed by atoms with E-state index in [1.54, 1.807) is 48.5 Å². The Kier molecular flexibility index (Phi) is 6.74. The molecule has 3 aromatic rings. The van der Waals surface area contributed by atoms with Gasteiger partial charge in [-0.1, -0.05) is 66.7 Å². The number of carbonyl (C=O) groups is 2. The minimum absolute atomic E-state index is 0.0324. The molecule has 0 bridgehead atoms. The minimum Gasteiger partial charge on any atom is -0.457 e. The fourth-order valence-electron chi connectivity index (χ4n) is 2.54. The Hall–Kier alpha value is -3.66. The van der Waals surface area contributed by atoms with Gasteiger partial charge in [-0.2, -0.15) is 0 Å². The first-order chi connectivity index (χ1) is 13.7. The van der Waals surface area contributed by atoms with Crippen molar-refractivity contribution in [1.29, 1.82) is 0 Å². The third-order valence-corrected chi connectivity index (χ3v) is 3.97. The summed E-state index contributed by atoms with van der Waals surface area (Å²) in [5, 5.41) is 0. The van der Waals surface area contributed by atoms with Crippen LogP contribution in [0.2, 0.25) is 0 Å². The molecule has 4 nitrogen and oxygen atoms in total. The molecule has 3 rings (SSSR count). The maximum absolute atomic E-state index is 12.2. The standard InChI is InChI=1S/C24H20O4/c25-23(21-12-6-2-7-13-21)27-17-20(16-19-10-4-1-5-11-19)18-28-24(26)22-14-8-3-9-15-22/h1-16H,17-18H2. The zero-order valence-corrected chi connectivity index (χ0v) is 15.3. The first kappa shape index (κ1) is 19.1. The molecule has 0 saturated carbocycles. The lowest BCUT2D eigenvalue weighted by atomic mass is 10.1. The van der Waals surface area contributed by atoms with E-state index in [0.717, 1.165) is 5.56 Å². The number of ether oxygens (including phenoxy) is 2. The second-order valence-electron chi connectivity index (χ2n) is 6.10. The van der Waals surface area contributed by atoms with Crippen LogP contribution in [0.4, 0.5) is 0 Å². The van der Waals surface area contributed by atoms with Crippen LogP contribution in [-0.2, 0) is 9.47 Å². The smallest absolute Gasteiger partial charge is 0.338 e. The van der Waals surface area contributed by atoms with Crippen LogP contribution in [0.3, 0.4) is 0 Å². The fraction of sp³-hybridized carbons (Fsp3) is 0.0833. The second kappa shape index (κ2) is 9.88. The number of hydrogen-bond acceptors (Lipinski definition) is 4. The Labute approximate surface area is 164 Å². The van der Waals surface area contributed by atoms with Gasteiger partial charge in [-0.05, 0) is 35.9 Å². The Balaban J connectivity index is 1.68. The highest BCUT2D eigenvalue weighted by Gasteiger charge is 2.11. The molecule has 0 unspecified atom stereocenters. The van der Waals surface area contributed by atoms with E-state index in [0.29, 0.717) is 16.7 Å². The van der Waals surface area contributed by atoms with Gasteiger partial charge in [0.1, 0.15) is 13.2 Å². The van der Waals surface area contributed by atoms with Crippen molar-refractivity contribution < 1.29 is 19.1 Å². The predicted octanol–water partition coefficient (Wildman–Crippen LogP) is 4.78. The first-order valence-corrected chi connectivity index (χ1v) is 8.91. The SMILES string of the molecule is O=C(OCC(=Cc1ccccc1)COC(=O)c1ccccc1)c1ccccc1. The molecule has 0 heterocycles. The van der Waals surface area contributed by atoms with Gasteiger partial charge in [-0.3, -0.25) is 0 Å². The van der Waals surface area contributed by atoms with Crippen LogP contribution < -0.4 is 0 Å². The fourth-order valence-corrected chi connectivity index (χ4v) is 2.54. The molecular formula is C24H20O4. The minimum atomic E-state index is -0.422. The molecule has 140 valence electrons. The Bertz CT molecular complexity index is 875. The third kappa shape index (κ3) is 5.68. The molecular weight excluding hydrogens is 352 g/mol. The highest BCUT2D eigenvalue weighted by atomic mass is 16.5. The largest absolute Gasteiger partial charge is 0.457 e. The molecule has 0 amide bonds. The van der Waals surface area contributed by atoms with Crippen molar-refractivity contribution in [3.05, 3.63) is 113 Å². The molecule has 0 aliphatic rings. The summed E-state index contributed by atoms with van der Waals surface area (Å²) in [6, 6.07) is 27.1. The molecule has 0 aliphatic heterocycles. The molecule has 0 saturated heterocycles. The monoisotopic (exact) mass is 372 g/mol. The topological polar surface area (TPSA) is 52.6 Å². The molecule has 0 spiro atoms. The average Bonchev–Trinajstić information content (AvgIpc) is 2.77.